The summed E-state index contributed by atoms with van der Waals surface area (Å²) in [5, 5.41) is 9.31. The van der Waals surface area contributed by atoms with Crippen molar-refractivity contribution in [3.63, 3.8) is 0 Å². The molecule has 3 aliphatic rings. The Bertz CT molecular complexity index is 3220. The molecule has 9 rings (SSSR count). The zero-order valence-electron chi connectivity index (χ0n) is 43.2. The number of benzene rings is 4. The number of halogens is 4. The number of aromatic nitrogens is 2. The molecule has 6 atom stereocenters. The molecule has 12 nitrogen and oxygen atoms in total. The lowest BCUT2D eigenvalue weighted by Gasteiger charge is -2.37. The third-order valence-electron chi connectivity index (χ3n) is 13.0. The fourth-order valence-corrected chi connectivity index (χ4v) is 12.9. The number of alkyl halides is 1. The molecule has 0 aliphatic carbocycles. The quantitative estimate of drug-likeness (QED) is 0.0653. The van der Waals surface area contributed by atoms with Gasteiger partial charge in [0.15, 0.2) is 5.84 Å². The molecule has 16 heteroatoms. The molecule has 0 saturated carbocycles. The predicted octanol–water partition coefficient (Wildman–Crippen LogP) is 14.9. The van der Waals surface area contributed by atoms with E-state index in [4.69, 9.17) is 39.0 Å². The van der Waals surface area contributed by atoms with Crippen LogP contribution in [0, 0.1) is 23.7 Å². The van der Waals surface area contributed by atoms with Crippen molar-refractivity contribution in [2.45, 2.75) is 144 Å². The Labute approximate surface area is 456 Å². The molecule has 0 amide bonds. The van der Waals surface area contributed by atoms with E-state index in [1.807, 2.05) is 41.5 Å². The van der Waals surface area contributed by atoms with Crippen molar-refractivity contribution in [1.29, 1.82) is 0 Å². The monoisotopic (exact) mass is 1230 g/mol. The molecule has 0 spiro atoms. The topological polar surface area (TPSA) is 133 Å². The zero-order valence-corrected chi connectivity index (χ0v) is 49.5. The first-order valence-electron chi connectivity index (χ1n) is 25.3. The van der Waals surface area contributed by atoms with Crippen molar-refractivity contribution in [2.75, 3.05) is 5.06 Å². The molecule has 5 heterocycles. The minimum Gasteiger partial charge on any atom is -0.490 e. The summed E-state index contributed by atoms with van der Waals surface area (Å²) >= 11 is 16.3. The average molecular weight is 1230 g/mol. The summed E-state index contributed by atoms with van der Waals surface area (Å²) in [5.74, 6) is 3.37. The summed E-state index contributed by atoms with van der Waals surface area (Å²) < 4.78 is 22.2. The first-order valence-corrected chi connectivity index (χ1v) is 28.5. The number of rotatable bonds is 16. The van der Waals surface area contributed by atoms with Crippen LogP contribution in [0.1, 0.15) is 131 Å². The van der Waals surface area contributed by atoms with Crippen molar-refractivity contribution in [3.8, 4) is 11.5 Å². The number of hydrogen-bond acceptors (Lipinski definition) is 10. The van der Waals surface area contributed by atoms with Crippen molar-refractivity contribution >= 4 is 109 Å². The Morgan fingerprint density at radius 1 is 0.597 bits per heavy atom. The van der Waals surface area contributed by atoms with Crippen LogP contribution in [0.5, 0.6) is 11.5 Å². The van der Waals surface area contributed by atoms with Crippen molar-refractivity contribution < 1.29 is 19.0 Å². The molecular weight excluding hydrogens is 1170 g/mol. The number of nitrogens with zero attached hydrogens (tertiary/aromatic N) is 5. The molecule has 3 aliphatic heterocycles. The molecule has 4 aromatic carbocycles. The van der Waals surface area contributed by atoms with E-state index in [1.165, 1.54) is 0 Å². The normalized spacial score (nSPS) is 20.5. The molecule has 72 heavy (non-hydrogen) atoms. The van der Waals surface area contributed by atoms with Crippen LogP contribution in [0.4, 0.5) is 11.6 Å². The Morgan fingerprint density at radius 2 is 1.19 bits per heavy atom. The second-order valence-corrected chi connectivity index (χ2v) is 25.1. The lowest BCUT2D eigenvalue weighted by molar-refractivity contribution is -0.102. The number of aromatic amines is 2. The minimum atomic E-state index is -1.61. The maximum Gasteiger partial charge on any atom is 0.270 e. The number of fused-ring (bicyclic) bond motifs is 18. The highest BCUT2D eigenvalue weighted by atomic mass is 79.9. The molecule has 6 unspecified atom stereocenters. The van der Waals surface area contributed by atoms with Gasteiger partial charge in [-0.25, -0.2) is 20.0 Å². The highest BCUT2D eigenvalue weighted by Gasteiger charge is 2.53. The van der Waals surface area contributed by atoms with Crippen LogP contribution < -0.4 is 30.8 Å². The van der Waals surface area contributed by atoms with Crippen LogP contribution in [-0.4, -0.2) is 46.1 Å². The number of aliphatic imine (C=N–C) groups is 2. The summed E-state index contributed by atoms with van der Waals surface area (Å²) in [6, 6.07) is 22.4. The van der Waals surface area contributed by atoms with E-state index < -0.39 is 10.4 Å². The first-order chi connectivity index (χ1) is 34.1. The zero-order chi connectivity index (χ0) is 51.6. The Morgan fingerprint density at radius 3 is 1.85 bits per heavy atom. The predicted molar refractivity (Wildman–Crippen MR) is 305 cm³/mol. The average Bonchev–Trinajstić information content (AvgIpc) is 3.99. The first kappa shape index (κ1) is 52.8. The van der Waals surface area contributed by atoms with E-state index in [-0.39, 0.29) is 24.4 Å². The third kappa shape index (κ3) is 10.3. The summed E-state index contributed by atoms with van der Waals surface area (Å²) in [5.41, 5.74) is 4.15. The number of ether oxygens (including phenoxy) is 3. The van der Waals surface area contributed by atoms with Gasteiger partial charge in [-0.3, -0.25) is 4.84 Å². The highest BCUT2D eigenvalue weighted by molar-refractivity contribution is 9.11. The van der Waals surface area contributed by atoms with Crippen LogP contribution in [0.3, 0.4) is 0 Å². The second-order valence-electron chi connectivity index (χ2n) is 21.5. The van der Waals surface area contributed by atoms with Crippen LogP contribution in [-0.2, 0) is 20.0 Å². The lowest BCUT2D eigenvalue weighted by Crippen LogP contribution is -2.48. The molecule has 3 N–H and O–H groups in total. The number of nitrogens with one attached hydrogen (secondary N) is 3. The minimum absolute atomic E-state index is 0.0705. The number of hydroxylamine groups is 1. The molecule has 0 radical (unpaired) electrons. The highest BCUT2D eigenvalue weighted by Crippen LogP contribution is 2.53. The van der Waals surface area contributed by atoms with Gasteiger partial charge in [0.1, 0.15) is 39.9 Å². The maximum absolute atomic E-state index is 7.48. The van der Waals surface area contributed by atoms with Gasteiger partial charge < -0.3 is 29.5 Å². The van der Waals surface area contributed by atoms with E-state index in [1.54, 1.807) is 0 Å². The Kier molecular flexibility index (Phi) is 15.3. The van der Waals surface area contributed by atoms with Gasteiger partial charge >= 0.3 is 0 Å². The lowest BCUT2D eigenvalue weighted by atomic mass is 10.0. The summed E-state index contributed by atoms with van der Waals surface area (Å²) in [6.45, 7) is 26.1. The van der Waals surface area contributed by atoms with Gasteiger partial charge in [-0.15, -0.1) is 0 Å². The number of H-pyrrole nitrogens is 2. The third-order valence-corrected chi connectivity index (χ3v) is 15.9. The van der Waals surface area contributed by atoms with Crippen molar-refractivity contribution in [3.05, 3.63) is 113 Å². The van der Waals surface area contributed by atoms with Crippen LogP contribution in [0.25, 0.3) is 21.5 Å². The molecule has 382 valence electrons. The van der Waals surface area contributed by atoms with Gasteiger partial charge in [0.2, 0.25) is 4.57 Å². The van der Waals surface area contributed by atoms with E-state index in [2.05, 4.69) is 192 Å². The maximum atomic E-state index is 7.48. The van der Waals surface area contributed by atoms with E-state index in [0.29, 0.717) is 85.1 Å². The summed E-state index contributed by atoms with van der Waals surface area (Å²) in [7, 11) is 0. The molecule has 8 bridgehead atoms. The largest absolute Gasteiger partial charge is 0.490 e. The van der Waals surface area contributed by atoms with Crippen LogP contribution in [0.15, 0.2) is 100 Å². The number of hydrogen-bond donors (Lipinski definition) is 3. The number of anilines is 1. The van der Waals surface area contributed by atoms with Gasteiger partial charge in [-0.05, 0) is 151 Å². The second kappa shape index (κ2) is 20.9. The van der Waals surface area contributed by atoms with Gasteiger partial charge in [-0.1, -0.05) is 112 Å². The van der Waals surface area contributed by atoms with Crippen molar-refractivity contribution in [2.24, 2.45) is 43.6 Å². The van der Waals surface area contributed by atoms with Crippen LogP contribution in [0.2, 0.25) is 0 Å². The SMILES string of the molecule is CC(C)CC(C)Oc1ccc2c(c1Br)C1=NC2(Br)N(OC(C)CC(C)C)c2[nH]c(c3ccc(Br)cc23)/N=c2\[nH]c(c3ccccc23)=NC2=NC(OC(C)CC(C)C)(N1)c1c(Br)ccc(OC(C)CC(C)C)c12. The standard InChI is InChI=1S/C56H66Br4N8O4/c1-28(2)23-32(9)69-43-22-20-42(58)47-46(43)52-63-50-38-16-14-13-15-37(38)49(61-50)62-51-39-18-17-36(57)27-40(39)54(64-51)68(72-35(12)26-31(7)8)55(60)41-19-21-44(70-33(10)24-29(3)4)48(59)45(41)53(65-55)67-56(47,66-52)71-34(11)25-30(5)6/h13-22,27-35,64H,23-26H2,1-12H3,(H,65,67)(H,61,62,63,66). The van der Waals surface area contributed by atoms with Crippen LogP contribution >= 0.6 is 63.7 Å². The van der Waals surface area contributed by atoms with Gasteiger partial charge in [0, 0.05) is 41.6 Å². The van der Waals surface area contributed by atoms with Gasteiger partial charge in [-0.2, -0.15) is 5.06 Å². The molecule has 2 aromatic heterocycles. The van der Waals surface area contributed by atoms with E-state index in [9.17, 15) is 0 Å². The Balaban J connectivity index is 1.42. The number of amidine groups is 2. The molecule has 0 saturated heterocycles. The fourth-order valence-electron chi connectivity index (χ4n) is 10.5. The van der Waals surface area contributed by atoms with Crippen molar-refractivity contribution in [1.82, 2.24) is 15.3 Å². The molecule has 6 aromatic rings. The Hall–Kier alpha value is -4.06. The smallest absolute Gasteiger partial charge is 0.270 e. The van der Waals surface area contributed by atoms with E-state index in [0.717, 1.165) is 67.3 Å². The summed E-state index contributed by atoms with van der Waals surface area (Å²) in [6.07, 6.45) is 2.52. The van der Waals surface area contributed by atoms with Gasteiger partial charge in [0.05, 0.1) is 40.0 Å². The fraction of sp³-hybridized carbons (Fsp3) is 0.464. The summed E-state index contributed by atoms with van der Waals surface area (Å²) in [4.78, 5) is 37.0. The molecule has 0 fully saturated rings. The molecular formula is C56H66Br4N8O4. The van der Waals surface area contributed by atoms with E-state index >= 15 is 0 Å². The van der Waals surface area contributed by atoms with Gasteiger partial charge in [0.25, 0.3) is 5.85 Å².